The summed E-state index contributed by atoms with van der Waals surface area (Å²) < 4.78 is 1.16. The zero-order valence-corrected chi connectivity index (χ0v) is 17.7. The minimum absolute atomic E-state index is 0.321. The lowest BCUT2D eigenvalue weighted by atomic mass is 10.1. The van der Waals surface area contributed by atoms with Gasteiger partial charge in [0.05, 0.1) is 24.2 Å². The van der Waals surface area contributed by atoms with E-state index >= 15 is 0 Å². The Morgan fingerprint density at radius 3 is 2.40 bits per heavy atom. The van der Waals surface area contributed by atoms with E-state index in [0.29, 0.717) is 24.1 Å². The molecular formula is C20H30N4O6. The molecule has 30 heavy (non-hydrogen) atoms. The highest BCUT2D eigenvalue weighted by molar-refractivity contribution is 5.94. The number of aliphatic hydroxyl groups is 4. The van der Waals surface area contributed by atoms with Crippen LogP contribution in [0.2, 0.25) is 0 Å². The van der Waals surface area contributed by atoms with Crippen molar-refractivity contribution >= 4 is 16.9 Å². The van der Waals surface area contributed by atoms with Crippen LogP contribution in [0, 0.1) is 13.8 Å². The molecule has 1 aromatic carbocycles. The van der Waals surface area contributed by atoms with E-state index in [1.807, 2.05) is 32.8 Å². The predicted octanol–water partition coefficient (Wildman–Crippen LogP) is -1.62. The molecule has 0 bridgehead atoms. The van der Waals surface area contributed by atoms with Gasteiger partial charge in [0.15, 0.2) is 5.69 Å². The summed E-state index contributed by atoms with van der Waals surface area (Å²) in [6.07, 6.45) is -4.79. The van der Waals surface area contributed by atoms with Gasteiger partial charge in [-0.2, -0.15) is 0 Å². The first-order valence-corrected chi connectivity index (χ1v) is 9.66. The normalized spacial score (nSPS) is 14.7. The third-order valence-corrected chi connectivity index (χ3v) is 4.97. The minimum atomic E-state index is -1.67. The number of amides is 1. The molecule has 3 atom stereocenters. The number of fused-ring (bicyclic) bond motifs is 1. The van der Waals surface area contributed by atoms with Gasteiger partial charge in [-0.25, -0.2) is 4.98 Å². The van der Waals surface area contributed by atoms with Gasteiger partial charge in [-0.15, -0.1) is 0 Å². The first-order chi connectivity index (χ1) is 14.1. The van der Waals surface area contributed by atoms with Gasteiger partial charge in [0.2, 0.25) is 0 Å². The number of nitrogens with zero attached hydrogens (tertiary/aromatic N) is 3. The van der Waals surface area contributed by atoms with Gasteiger partial charge in [0, 0.05) is 13.1 Å². The summed E-state index contributed by atoms with van der Waals surface area (Å²) in [4.78, 5) is 31.7. The maximum atomic E-state index is 13.0. The second-order valence-electron chi connectivity index (χ2n) is 7.67. The Labute approximate surface area is 174 Å². The van der Waals surface area contributed by atoms with Gasteiger partial charge in [0.25, 0.3) is 11.5 Å². The van der Waals surface area contributed by atoms with Crippen molar-refractivity contribution < 1.29 is 25.2 Å². The topological polar surface area (TPSA) is 148 Å². The lowest BCUT2D eigenvalue weighted by Gasteiger charge is -2.23. The standard InChI is InChI=1S/C20H30N4O6/c1-11-7-13-14(8-12(11)2)24(9-15(26)18(28)16(27)10-25)20(30)17(22-13)19(29)21-5-6-23(3)4/h7-8,15-16,18,25-28H,5-6,9-10H2,1-4H3,(H,21,29)/t15-,16+,18-/m0/s1. The number of aryl methyl sites for hydroxylation is 2. The summed E-state index contributed by atoms with van der Waals surface area (Å²) in [5, 5.41) is 41.5. The lowest BCUT2D eigenvalue weighted by molar-refractivity contribution is -0.0805. The highest BCUT2D eigenvalue weighted by Crippen LogP contribution is 2.18. The molecule has 0 aliphatic carbocycles. The molecular weight excluding hydrogens is 392 g/mol. The van der Waals surface area contributed by atoms with Crippen molar-refractivity contribution in [2.45, 2.75) is 38.7 Å². The first-order valence-electron chi connectivity index (χ1n) is 9.66. The average Bonchev–Trinajstić information content (AvgIpc) is 2.69. The Morgan fingerprint density at radius 1 is 1.17 bits per heavy atom. The largest absolute Gasteiger partial charge is 0.394 e. The molecule has 0 unspecified atom stereocenters. The van der Waals surface area contributed by atoms with Gasteiger partial charge in [-0.1, -0.05) is 0 Å². The van der Waals surface area contributed by atoms with E-state index in [-0.39, 0.29) is 5.69 Å². The fraction of sp³-hybridized carbons (Fsp3) is 0.550. The van der Waals surface area contributed by atoms with E-state index in [9.17, 15) is 24.9 Å². The van der Waals surface area contributed by atoms with E-state index in [0.717, 1.165) is 15.7 Å². The molecule has 0 fully saturated rings. The van der Waals surface area contributed by atoms with Crippen molar-refractivity contribution in [2.75, 3.05) is 33.8 Å². The molecule has 2 rings (SSSR count). The Kier molecular flexibility index (Phi) is 8.04. The average molecular weight is 422 g/mol. The van der Waals surface area contributed by atoms with Gasteiger partial charge in [-0.3, -0.25) is 9.59 Å². The summed E-state index contributed by atoms with van der Waals surface area (Å²) in [5.41, 5.74) is 1.52. The molecule has 1 heterocycles. The monoisotopic (exact) mass is 422 g/mol. The van der Waals surface area contributed by atoms with Crippen molar-refractivity contribution in [2.24, 2.45) is 0 Å². The lowest BCUT2D eigenvalue weighted by Crippen LogP contribution is -2.44. The number of hydrogen-bond donors (Lipinski definition) is 5. The Morgan fingerprint density at radius 2 is 1.80 bits per heavy atom. The van der Waals surface area contributed by atoms with E-state index in [1.54, 1.807) is 12.1 Å². The predicted molar refractivity (Wildman–Crippen MR) is 111 cm³/mol. The Hall–Kier alpha value is -2.37. The number of likely N-dealkylation sites (N-methyl/N-ethyl adjacent to an activating group) is 1. The smallest absolute Gasteiger partial charge is 0.282 e. The van der Waals surface area contributed by atoms with Gasteiger partial charge < -0.3 is 35.2 Å². The fourth-order valence-electron chi connectivity index (χ4n) is 2.96. The van der Waals surface area contributed by atoms with Crippen LogP contribution >= 0.6 is 0 Å². The number of carbonyl (C=O) groups is 1. The number of carbonyl (C=O) groups excluding carboxylic acids is 1. The van der Waals surface area contributed by atoms with Crippen LogP contribution in [0.25, 0.3) is 11.0 Å². The van der Waals surface area contributed by atoms with Crippen LogP contribution in [0.3, 0.4) is 0 Å². The molecule has 0 spiro atoms. The molecule has 1 amide bonds. The molecule has 10 nitrogen and oxygen atoms in total. The highest BCUT2D eigenvalue weighted by Gasteiger charge is 2.27. The molecule has 1 aromatic heterocycles. The maximum Gasteiger partial charge on any atom is 0.282 e. The number of hydrogen-bond acceptors (Lipinski definition) is 8. The molecule has 0 saturated carbocycles. The van der Waals surface area contributed by atoms with Gasteiger partial charge in [-0.05, 0) is 51.2 Å². The number of aliphatic hydroxyl groups excluding tert-OH is 4. The Bertz CT molecular complexity index is 958. The molecule has 0 aliphatic rings. The number of rotatable bonds is 9. The van der Waals surface area contributed by atoms with Crippen LogP contribution in [0.1, 0.15) is 21.6 Å². The Balaban J connectivity index is 2.52. The van der Waals surface area contributed by atoms with Crippen LogP contribution in [0.5, 0.6) is 0 Å². The summed E-state index contributed by atoms with van der Waals surface area (Å²) in [6.45, 7) is 3.49. The summed E-state index contributed by atoms with van der Waals surface area (Å²) in [6, 6.07) is 3.46. The van der Waals surface area contributed by atoms with E-state index in [1.165, 1.54) is 0 Å². The van der Waals surface area contributed by atoms with Crippen molar-refractivity contribution in [3.8, 4) is 0 Å². The maximum absolute atomic E-state index is 13.0. The molecule has 10 heteroatoms. The van der Waals surface area contributed by atoms with E-state index < -0.39 is 42.9 Å². The third kappa shape index (κ3) is 5.41. The number of benzene rings is 1. The van der Waals surface area contributed by atoms with Crippen molar-refractivity contribution in [1.29, 1.82) is 0 Å². The summed E-state index contributed by atoms with van der Waals surface area (Å²) in [5.74, 6) is -0.638. The van der Waals surface area contributed by atoms with Gasteiger partial charge >= 0.3 is 0 Å². The number of aromatic nitrogens is 2. The molecule has 0 saturated heterocycles. The minimum Gasteiger partial charge on any atom is -0.394 e. The van der Waals surface area contributed by atoms with Crippen molar-refractivity contribution in [3.63, 3.8) is 0 Å². The molecule has 166 valence electrons. The van der Waals surface area contributed by atoms with Crippen molar-refractivity contribution in [3.05, 3.63) is 39.3 Å². The number of nitrogens with one attached hydrogen (secondary N) is 1. The van der Waals surface area contributed by atoms with Crippen LogP contribution in [0.15, 0.2) is 16.9 Å². The quantitative estimate of drug-likeness (QED) is 0.324. The zero-order chi connectivity index (χ0) is 22.6. The second-order valence-corrected chi connectivity index (χ2v) is 7.67. The van der Waals surface area contributed by atoms with Crippen LogP contribution < -0.4 is 10.9 Å². The SMILES string of the molecule is Cc1cc2nc(C(=O)NCCN(C)C)c(=O)n(C[C@H](O)[C@H](O)[C@H](O)CO)c2cc1C. The molecule has 0 radical (unpaired) electrons. The summed E-state index contributed by atoms with van der Waals surface area (Å²) >= 11 is 0. The van der Waals surface area contributed by atoms with E-state index in [4.69, 9.17) is 5.11 Å². The molecule has 5 N–H and O–H groups in total. The van der Waals surface area contributed by atoms with Crippen molar-refractivity contribution in [1.82, 2.24) is 19.8 Å². The highest BCUT2D eigenvalue weighted by atomic mass is 16.4. The van der Waals surface area contributed by atoms with Crippen LogP contribution in [-0.2, 0) is 6.54 Å². The van der Waals surface area contributed by atoms with Gasteiger partial charge in [0.1, 0.15) is 18.3 Å². The first kappa shape index (κ1) is 23.9. The molecule has 0 aliphatic heterocycles. The van der Waals surface area contributed by atoms with Crippen LogP contribution in [0.4, 0.5) is 0 Å². The fourth-order valence-corrected chi connectivity index (χ4v) is 2.96. The van der Waals surface area contributed by atoms with E-state index in [2.05, 4.69) is 10.3 Å². The van der Waals surface area contributed by atoms with Crippen LogP contribution in [-0.4, -0.2) is 92.9 Å². The summed E-state index contributed by atoms with van der Waals surface area (Å²) in [7, 11) is 3.71. The third-order valence-electron chi connectivity index (χ3n) is 4.97. The second kappa shape index (κ2) is 10.1. The zero-order valence-electron chi connectivity index (χ0n) is 17.7. The molecule has 2 aromatic rings.